The number of halogens is 2. The van der Waals surface area contributed by atoms with E-state index in [-0.39, 0.29) is 36.6 Å². The molecule has 1 atom stereocenters. The van der Waals surface area contributed by atoms with Crippen molar-refractivity contribution in [3.63, 3.8) is 0 Å². The molecule has 0 bridgehead atoms. The van der Waals surface area contributed by atoms with Crippen molar-refractivity contribution >= 4 is 41.5 Å². The number of carbonyl (C=O) groups is 2. The summed E-state index contributed by atoms with van der Waals surface area (Å²) >= 11 is 6.00. The maximum atomic E-state index is 12.2. The number of likely N-dealkylation sites (N-methyl/N-ethyl adjacent to an activating group) is 1. The number of anilines is 1. The number of hydrogen-bond donors (Lipinski definition) is 2. The Morgan fingerprint density at radius 3 is 2.83 bits per heavy atom. The van der Waals surface area contributed by atoms with Crippen molar-refractivity contribution in [2.24, 2.45) is 5.92 Å². The molecule has 1 fully saturated rings. The van der Waals surface area contributed by atoms with Crippen LogP contribution in [0.3, 0.4) is 0 Å². The van der Waals surface area contributed by atoms with Crippen molar-refractivity contribution in [1.29, 1.82) is 0 Å². The number of nitrogens with one attached hydrogen (secondary N) is 2. The quantitative estimate of drug-likeness (QED) is 0.752. The predicted octanol–water partition coefficient (Wildman–Crippen LogP) is 1.46. The highest BCUT2D eigenvalue weighted by Gasteiger charge is 2.36. The minimum Gasteiger partial charge on any atom is -0.495 e. The van der Waals surface area contributed by atoms with Gasteiger partial charge in [0.05, 0.1) is 18.7 Å². The minimum absolute atomic E-state index is 0. The Bertz CT molecular complexity index is 569. The molecule has 0 radical (unpaired) electrons. The molecular formula is C15H21Cl2N3O3. The third kappa shape index (κ3) is 4.73. The Morgan fingerprint density at radius 2 is 2.17 bits per heavy atom. The SMILES string of the molecule is CNCCNC(=O)C1CC(=O)N(c2cc(Cl)ccc2OC)C1.Cl. The first-order valence-electron chi connectivity index (χ1n) is 7.13. The zero-order valence-electron chi connectivity index (χ0n) is 13.1. The lowest BCUT2D eigenvalue weighted by atomic mass is 10.1. The van der Waals surface area contributed by atoms with Gasteiger partial charge in [-0.05, 0) is 25.2 Å². The molecule has 1 heterocycles. The number of amides is 2. The lowest BCUT2D eigenvalue weighted by Gasteiger charge is -2.19. The fourth-order valence-electron chi connectivity index (χ4n) is 2.45. The van der Waals surface area contributed by atoms with Gasteiger partial charge in [-0.1, -0.05) is 11.6 Å². The summed E-state index contributed by atoms with van der Waals surface area (Å²) in [4.78, 5) is 25.9. The standard InChI is InChI=1S/C15H20ClN3O3.ClH/c1-17-5-6-18-15(21)10-7-14(20)19(9-10)12-8-11(16)3-4-13(12)22-2;/h3-4,8,10,17H,5-7,9H2,1-2H3,(H,18,21);1H. The first-order valence-corrected chi connectivity index (χ1v) is 7.50. The Morgan fingerprint density at radius 1 is 1.43 bits per heavy atom. The Hall–Kier alpha value is -1.50. The van der Waals surface area contributed by atoms with Crippen LogP contribution in [0.5, 0.6) is 5.75 Å². The molecular weight excluding hydrogens is 341 g/mol. The molecule has 1 aliphatic rings. The molecule has 2 N–H and O–H groups in total. The fourth-order valence-corrected chi connectivity index (χ4v) is 2.61. The van der Waals surface area contributed by atoms with Crippen LogP contribution in [0.1, 0.15) is 6.42 Å². The van der Waals surface area contributed by atoms with Gasteiger partial charge in [0.15, 0.2) is 0 Å². The van der Waals surface area contributed by atoms with Crippen molar-refractivity contribution in [1.82, 2.24) is 10.6 Å². The molecule has 23 heavy (non-hydrogen) atoms. The Balaban J connectivity index is 0.00000264. The number of carbonyl (C=O) groups excluding carboxylic acids is 2. The molecule has 1 aromatic carbocycles. The molecule has 0 aromatic heterocycles. The fraction of sp³-hybridized carbons (Fsp3) is 0.467. The van der Waals surface area contributed by atoms with Crippen molar-refractivity contribution in [2.75, 3.05) is 38.7 Å². The zero-order chi connectivity index (χ0) is 16.1. The van der Waals surface area contributed by atoms with E-state index in [4.69, 9.17) is 16.3 Å². The van der Waals surface area contributed by atoms with E-state index in [1.54, 1.807) is 23.1 Å². The smallest absolute Gasteiger partial charge is 0.227 e. The van der Waals surface area contributed by atoms with E-state index in [0.29, 0.717) is 36.1 Å². The van der Waals surface area contributed by atoms with Crippen LogP contribution in [-0.2, 0) is 9.59 Å². The zero-order valence-corrected chi connectivity index (χ0v) is 14.7. The summed E-state index contributed by atoms with van der Waals surface area (Å²) in [6.45, 7) is 1.57. The summed E-state index contributed by atoms with van der Waals surface area (Å²) in [6, 6.07) is 5.09. The van der Waals surface area contributed by atoms with Crippen LogP contribution in [0.4, 0.5) is 5.69 Å². The third-order valence-electron chi connectivity index (χ3n) is 3.60. The van der Waals surface area contributed by atoms with Gasteiger partial charge in [0.2, 0.25) is 11.8 Å². The lowest BCUT2D eigenvalue weighted by Crippen LogP contribution is -2.36. The Kier molecular flexibility index (Phi) is 7.61. The molecule has 1 unspecified atom stereocenters. The van der Waals surface area contributed by atoms with Crippen molar-refractivity contribution < 1.29 is 14.3 Å². The summed E-state index contributed by atoms with van der Waals surface area (Å²) in [7, 11) is 3.35. The number of ether oxygens (including phenoxy) is 1. The van der Waals surface area contributed by atoms with Crippen LogP contribution < -0.4 is 20.3 Å². The van der Waals surface area contributed by atoms with Crippen molar-refractivity contribution in [2.45, 2.75) is 6.42 Å². The normalized spacial score (nSPS) is 16.9. The second-order valence-electron chi connectivity index (χ2n) is 5.12. The maximum Gasteiger partial charge on any atom is 0.227 e. The second kappa shape index (κ2) is 8.96. The van der Waals surface area contributed by atoms with Gasteiger partial charge in [0.25, 0.3) is 0 Å². The molecule has 2 amide bonds. The lowest BCUT2D eigenvalue weighted by molar-refractivity contribution is -0.126. The molecule has 0 spiro atoms. The van der Waals surface area contributed by atoms with Gasteiger partial charge >= 0.3 is 0 Å². The number of nitrogens with zero attached hydrogens (tertiary/aromatic N) is 1. The van der Waals surface area contributed by atoms with Crippen LogP contribution >= 0.6 is 24.0 Å². The van der Waals surface area contributed by atoms with Gasteiger partial charge in [-0.2, -0.15) is 0 Å². The summed E-state index contributed by atoms with van der Waals surface area (Å²) < 4.78 is 5.27. The van der Waals surface area contributed by atoms with Crippen LogP contribution in [0.2, 0.25) is 5.02 Å². The van der Waals surface area contributed by atoms with Crippen molar-refractivity contribution in [3.05, 3.63) is 23.2 Å². The topological polar surface area (TPSA) is 70.7 Å². The highest BCUT2D eigenvalue weighted by molar-refractivity contribution is 6.31. The van der Waals surface area contributed by atoms with Gasteiger partial charge in [-0.25, -0.2) is 0 Å². The molecule has 1 aliphatic heterocycles. The third-order valence-corrected chi connectivity index (χ3v) is 3.84. The van der Waals surface area contributed by atoms with Gasteiger partial charge < -0.3 is 20.3 Å². The van der Waals surface area contributed by atoms with E-state index < -0.39 is 0 Å². The molecule has 1 aromatic rings. The molecule has 2 rings (SSSR count). The Labute approximate surface area is 146 Å². The molecule has 6 nitrogen and oxygen atoms in total. The molecule has 1 saturated heterocycles. The van der Waals surface area contributed by atoms with Crippen LogP contribution in [0.15, 0.2) is 18.2 Å². The summed E-state index contributed by atoms with van der Waals surface area (Å²) in [5.74, 6) is 0.00321. The molecule has 8 heteroatoms. The highest BCUT2D eigenvalue weighted by Crippen LogP contribution is 2.35. The van der Waals surface area contributed by atoms with E-state index in [0.717, 1.165) is 0 Å². The van der Waals surface area contributed by atoms with Crippen molar-refractivity contribution in [3.8, 4) is 5.75 Å². The van der Waals surface area contributed by atoms with E-state index in [1.807, 2.05) is 7.05 Å². The van der Waals surface area contributed by atoms with Gasteiger partial charge in [0.1, 0.15) is 5.75 Å². The molecule has 0 aliphatic carbocycles. The average molecular weight is 362 g/mol. The maximum absolute atomic E-state index is 12.2. The molecule has 128 valence electrons. The molecule has 0 saturated carbocycles. The first kappa shape index (κ1) is 19.5. The summed E-state index contributed by atoms with van der Waals surface area (Å²) in [6.07, 6.45) is 0.195. The van der Waals surface area contributed by atoms with E-state index in [9.17, 15) is 9.59 Å². The number of methoxy groups -OCH3 is 1. The van der Waals surface area contributed by atoms with Gasteiger partial charge in [-0.3, -0.25) is 9.59 Å². The van der Waals surface area contributed by atoms with Gasteiger partial charge in [0, 0.05) is 31.1 Å². The largest absolute Gasteiger partial charge is 0.495 e. The van der Waals surface area contributed by atoms with E-state index in [1.165, 1.54) is 7.11 Å². The van der Waals surface area contributed by atoms with Gasteiger partial charge in [-0.15, -0.1) is 12.4 Å². The monoisotopic (exact) mass is 361 g/mol. The van der Waals surface area contributed by atoms with E-state index in [2.05, 4.69) is 10.6 Å². The second-order valence-corrected chi connectivity index (χ2v) is 5.55. The number of benzene rings is 1. The van der Waals surface area contributed by atoms with Crippen LogP contribution in [0, 0.1) is 5.92 Å². The number of hydrogen-bond acceptors (Lipinski definition) is 4. The van der Waals surface area contributed by atoms with E-state index >= 15 is 0 Å². The minimum atomic E-state index is -0.354. The van der Waals surface area contributed by atoms with Crippen LogP contribution in [0.25, 0.3) is 0 Å². The average Bonchev–Trinajstić information content (AvgIpc) is 2.89. The summed E-state index contributed by atoms with van der Waals surface area (Å²) in [5, 5.41) is 6.29. The summed E-state index contributed by atoms with van der Waals surface area (Å²) in [5.41, 5.74) is 0.602. The van der Waals surface area contributed by atoms with Crippen LogP contribution in [-0.4, -0.2) is 45.6 Å². The predicted molar refractivity (Wildman–Crippen MR) is 92.6 cm³/mol. The number of rotatable bonds is 6. The highest BCUT2D eigenvalue weighted by atomic mass is 35.5. The first-order chi connectivity index (χ1) is 10.6.